The van der Waals surface area contributed by atoms with Gasteiger partial charge in [-0.2, -0.15) is 0 Å². The molecule has 1 atom stereocenters. The number of aliphatic carboxylic acids is 1. The minimum absolute atomic E-state index is 0.248. The second-order valence-corrected chi connectivity index (χ2v) is 3.55. The van der Waals surface area contributed by atoms with E-state index in [9.17, 15) is 9.59 Å². The Bertz CT molecular complexity index is 436. The van der Waals surface area contributed by atoms with Crippen molar-refractivity contribution in [3.8, 4) is 0 Å². The van der Waals surface area contributed by atoms with Crippen LogP contribution < -0.4 is 0 Å². The van der Waals surface area contributed by atoms with Crippen LogP contribution in [0.25, 0.3) is 0 Å². The van der Waals surface area contributed by atoms with E-state index >= 15 is 0 Å². The first kappa shape index (κ1) is 9.71. The summed E-state index contributed by atoms with van der Waals surface area (Å²) in [5, 5.41) is 8.77. The van der Waals surface area contributed by atoms with E-state index in [0.29, 0.717) is 5.56 Å². The van der Waals surface area contributed by atoms with Gasteiger partial charge in [-0.15, -0.1) is 0 Å². The van der Waals surface area contributed by atoms with Gasteiger partial charge in [0.2, 0.25) is 6.10 Å². The standard InChI is InChI=1S/C11H10O4/c1-6-3-2-4-7-5-8(10(12)13)15-11(14)9(6)7/h2-4,8H,5H2,1H3,(H,12,13). The van der Waals surface area contributed by atoms with Crippen LogP contribution in [0, 0.1) is 6.92 Å². The number of fused-ring (bicyclic) bond motifs is 1. The highest BCUT2D eigenvalue weighted by Crippen LogP contribution is 2.23. The Kier molecular flexibility index (Phi) is 2.19. The zero-order valence-electron chi connectivity index (χ0n) is 8.19. The van der Waals surface area contributed by atoms with Crippen LogP contribution >= 0.6 is 0 Å². The lowest BCUT2D eigenvalue weighted by Crippen LogP contribution is -2.34. The third-order valence-corrected chi connectivity index (χ3v) is 2.49. The van der Waals surface area contributed by atoms with Crippen LogP contribution in [0.4, 0.5) is 0 Å². The van der Waals surface area contributed by atoms with Crippen molar-refractivity contribution in [3.63, 3.8) is 0 Å². The van der Waals surface area contributed by atoms with Crippen LogP contribution in [-0.4, -0.2) is 23.1 Å². The molecule has 0 bridgehead atoms. The normalized spacial score (nSPS) is 19.3. The average Bonchev–Trinajstić information content (AvgIpc) is 2.17. The van der Waals surface area contributed by atoms with Crippen molar-refractivity contribution in [2.75, 3.05) is 0 Å². The summed E-state index contributed by atoms with van der Waals surface area (Å²) in [6.07, 6.45) is -0.801. The van der Waals surface area contributed by atoms with Gasteiger partial charge < -0.3 is 9.84 Å². The summed E-state index contributed by atoms with van der Waals surface area (Å²) in [4.78, 5) is 22.3. The molecule has 4 heteroatoms. The van der Waals surface area contributed by atoms with Gasteiger partial charge in [0, 0.05) is 6.42 Å². The van der Waals surface area contributed by atoms with Gasteiger partial charge >= 0.3 is 11.9 Å². The Balaban J connectivity index is 2.45. The Morgan fingerprint density at radius 1 is 1.53 bits per heavy atom. The Labute approximate surface area is 86.5 Å². The minimum atomic E-state index is -1.10. The molecule has 1 aliphatic heterocycles. The van der Waals surface area contributed by atoms with E-state index in [-0.39, 0.29) is 6.42 Å². The number of carbonyl (C=O) groups is 2. The number of cyclic esters (lactones) is 1. The number of carboxylic acids is 1. The number of hydrogen-bond acceptors (Lipinski definition) is 3. The highest BCUT2D eigenvalue weighted by Gasteiger charge is 2.31. The van der Waals surface area contributed by atoms with Crippen molar-refractivity contribution in [3.05, 3.63) is 34.9 Å². The van der Waals surface area contributed by atoms with Crippen LogP contribution in [0.15, 0.2) is 18.2 Å². The van der Waals surface area contributed by atoms with Gasteiger partial charge in [-0.05, 0) is 18.1 Å². The molecule has 4 nitrogen and oxygen atoms in total. The summed E-state index contributed by atoms with van der Waals surface area (Å²) in [5.74, 6) is -1.64. The number of ether oxygens (including phenoxy) is 1. The molecule has 0 spiro atoms. The zero-order valence-corrected chi connectivity index (χ0v) is 8.19. The highest BCUT2D eigenvalue weighted by molar-refractivity contribution is 5.96. The molecule has 0 saturated carbocycles. The molecule has 0 radical (unpaired) electrons. The number of hydrogen-bond donors (Lipinski definition) is 1. The van der Waals surface area contributed by atoms with Crippen molar-refractivity contribution in [1.29, 1.82) is 0 Å². The molecule has 1 unspecified atom stereocenters. The Hall–Kier alpha value is -1.84. The van der Waals surface area contributed by atoms with E-state index in [1.165, 1.54) is 0 Å². The van der Waals surface area contributed by atoms with E-state index in [1.54, 1.807) is 19.1 Å². The zero-order chi connectivity index (χ0) is 11.0. The molecule has 0 fully saturated rings. The lowest BCUT2D eigenvalue weighted by molar-refractivity contribution is -0.147. The van der Waals surface area contributed by atoms with Gasteiger partial charge in [-0.1, -0.05) is 18.2 Å². The smallest absolute Gasteiger partial charge is 0.345 e. The summed E-state index contributed by atoms with van der Waals surface area (Å²) in [6, 6.07) is 5.38. The molecule has 0 aromatic heterocycles. The second-order valence-electron chi connectivity index (χ2n) is 3.55. The fraction of sp³-hybridized carbons (Fsp3) is 0.273. The maximum Gasteiger partial charge on any atom is 0.345 e. The molecular weight excluding hydrogens is 196 g/mol. The van der Waals surface area contributed by atoms with Crippen LogP contribution in [0.5, 0.6) is 0 Å². The molecule has 1 aromatic carbocycles. The molecule has 1 heterocycles. The van der Waals surface area contributed by atoms with E-state index < -0.39 is 18.0 Å². The SMILES string of the molecule is Cc1cccc2c1C(=O)OC(C(=O)O)C2. The summed E-state index contributed by atoms with van der Waals surface area (Å²) in [6.45, 7) is 1.81. The van der Waals surface area contributed by atoms with Gasteiger partial charge in [0.25, 0.3) is 0 Å². The number of benzene rings is 1. The summed E-state index contributed by atoms with van der Waals surface area (Å²) >= 11 is 0. The van der Waals surface area contributed by atoms with E-state index in [1.807, 2.05) is 6.07 Å². The first-order valence-corrected chi connectivity index (χ1v) is 4.62. The first-order valence-electron chi connectivity index (χ1n) is 4.62. The fourth-order valence-electron chi connectivity index (χ4n) is 1.76. The molecule has 1 aromatic rings. The molecule has 0 saturated heterocycles. The predicted octanol–water partition coefficient (Wildman–Crippen LogP) is 1.16. The average molecular weight is 206 g/mol. The van der Waals surface area contributed by atoms with E-state index in [4.69, 9.17) is 9.84 Å². The van der Waals surface area contributed by atoms with Gasteiger partial charge in [0.15, 0.2) is 0 Å². The largest absolute Gasteiger partial charge is 0.478 e. The van der Waals surface area contributed by atoms with Crippen molar-refractivity contribution in [1.82, 2.24) is 0 Å². The highest BCUT2D eigenvalue weighted by atomic mass is 16.6. The van der Waals surface area contributed by atoms with Crippen molar-refractivity contribution >= 4 is 11.9 Å². The summed E-state index contributed by atoms with van der Waals surface area (Å²) < 4.78 is 4.82. The molecule has 78 valence electrons. The first-order chi connectivity index (χ1) is 7.09. The minimum Gasteiger partial charge on any atom is -0.478 e. The number of aryl methyl sites for hydroxylation is 1. The van der Waals surface area contributed by atoms with Gasteiger partial charge in [0.1, 0.15) is 0 Å². The summed E-state index contributed by atoms with van der Waals surface area (Å²) in [7, 11) is 0. The van der Waals surface area contributed by atoms with Crippen molar-refractivity contribution in [2.24, 2.45) is 0 Å². The maximum atomic E-state index is 11.5. The monoisotopic (exact) mass is 206 g/mol. The molecule has 0 aliphatic carbocycles. The lowest BCUT2D eigenvalue weighted by Gasteiger charge is -2.22. The topological polar surface area (TPSA) is 63.6 Å². The number of rotatable bonds is 1. The van der Waals surface area contributed by atoms with Gasteiger partial charge in [-0.25, -0.2) is 9.59 Å². The Morgan fingerprint density at radius 2 is 2.27 bits per heavy atom. The lowest BCUT2D eigenvalue weighted by atomic mass is 9.95. The van der Waals surface area contributed by atoms with Crippen LogP contribution in [-0.2, 0) is 16.0 Å². The predicted molar refractivity (Wildman–Crippen MR) is 51.7 cm³/mol. The molecule has 15 heavy (non-hydrogen) atoms. The van der Waals surface area contributed by atoms with E-state index in [0.717, 1.165) is 11.1 Å². The Morgan fingerprint density at radius 3 is 2.93 bits per heavy atom. The van der Waals surface area contributed by atoms with Crippen molar-refractivity contribution < 1.29 is 19.4 Å². The third kappa shape index (κ3) is 1.58. The maximum absolute atomic E-state index is 11.5. The molecular formula is C11H10O4. The number of esters is 1. The van der Waals surface area contributed by atoms with Gasteiger partial charge in [-0.3, -0.25) is 0 Å². The second kappa shape index (κ2) is 3.38. The van der Waals surface area contributed by atoms with Crippen LogP contribution in [0.1, 0.15) is 21.5 Å². The molecule has 0 amide bonds. The van der Waals surface area contributed by atoms with Crippen LogP contribution in [0.3, 0.4) is 0 Å². The molecule has 1 N–H and O–H groups in total. The third-order valence-electron chi connectivity index (χ3n) is 2.49. The van der Waals surface area contributed by atoms with Crippen molar-refractivity contribution in [2.45, 2.75) is 19.4 Å². The molecule has 1 aliphatic rings. The van der Waals surface area contributed by atoms with Gasteiger partial charge in [0.05, 0.1) is 5.56 Å². The number of carbonyl (C=O) groups excluding carboxylic acids is 1. The van der Waals surface area contributed by atoms with E-state index in [2.05, 4.69) is 0 Å². The quantitative estimate of drug-likeness (QED) is 0.700. The summed E-state index contributed by atoms with van der Waals surface area (Å²) in [5.41, 5.74) is 2.08. The van der Waals surface area contributed by atoms with Crippen LogP contribution in [0.2, 0.25) is 0 Å². The fourth-order valence-corrected chi connectivity index (χ4v) is 1.76. The molecule has 2 rings (SSSR count). The number of carboxylic acid groups (broad SMARTS) is 1.